The van der Waals surface area contributed by atoms with Gasteiger partial charge in [-0.15, -0.1) is 0 Å². The summed E-state index contributed by atoms with van der Waals surface area (Å²) in [5.74, 6) is 1.71. The highest BCUT2D eigenvalue weighted by molar-refractivity contribution is 5.43. The molecule has 0 aliphatic carbocycles. The Morgan fingerprint density at radius 1 is 1.06 bits per heavy atom. The van der Waals surface area contributed by atoms with Crippen LogP contribution in [0.25, 0.3) is 0 Å². The molecule has 0 fully saturated rings. The van der Waals surface area contributed by atoms with Gasteiger partial charge in [-0.2, -0.15) is 0 Å². The lowest BCUT2D eigenvalue weighted by molar-refractivity contribution is 0.203. The van der Waals surface area contributed by atoms with Crippen LogP contribution in [0.5, 0.6) is 5.75 Å². The first-order valence-electron chi connectivity index (χ1n) is 6.97. The third-order valence-electron chi connectivity index (χ3n) is 3.96. The molecule has 1 aromatic rings. The molecule has 1 heteroatoms. The van der Waals surface area contributed by atoms with E-state index in [-0.39, 0.29) is 5.41 Å². The average Bonchev–Trinajstić information content (AvgIpc) is 2.25. The average molecular weight is 246 g/mol. The highest BCUT2D eigenvalue weighted by atomic mass is 16.5. The standard InChI is InChI=1S/C17H26O/c1-16(2,3)12-7-8-13-14(17(4,5)6)9-10-18-15(13)11-12/h7-8,11,14H,9-10H2,1-6H3. The molecule has 1 heterocycles. The molecule has 0 saturated carbocycles. The van der Waals surface area contributed by atoms with Gasteiger partial charge in [0.2, 0.25) is 0 Å². The molecular weight excluding hydrogens is 220 g/mol. The first-order chi connectivity index (χ1) is 8.19. The van der Waals surface area contributed by atoms with E-state index < -0.39 is 0 Å². The van der Waals surface area contributed by atoms with Gasteiger partial charge in [0.1, 0.15) is 5.75 Å². The van der Waals surface area contributed by atoms with Gasteiger partial charge in [0, 0.05) is 0 Å². The lowest BCUT2D eigenvalue weighted by atomic mass is 9.73. The van der Waals surface area contributed by atoms with Crippen molar-refractivity contribution in [3.8, 4) is 5.75 Å². The van der Waals surface area contributed by atoms with Crippen molar-refractivity contribution in [2.24, 2.45) is 5.41 Å². The SMILES string of the molecule is CC(C)(C)c1ccc2c(c1)OCCC2C(C)(C)C. The Bertz CT molecular complexity index is 432. The molecule has 1 nitrogen and oxygen atoms in total. The van der Waals surface area contributed by atoms with Crippen molar-refractivity contribution in [2.75, 3.05) is 6.61 Å². The van der Waals surface area contributed by atoms with E-state index >= 15 is 0 Å². The van der Waals surface area contributed by atoms with E-state index in [9.17, 15) is 0 Å². The molecule has 100 valence electrons. The summed E-state index contributed by atoms with van der Waals surface area (Å²) in [5.41, 5.74) is 3.24. The Labute approximate surface area is 112 Å². The van der Waals surface area contributed by atoms with Crippen LogP contribution in [0.2, 0.25) is 0 Å². The monoisotopic (exact) mass is 246 g/mol. The van der Waals surface area contributed by atoms with Gasteiger partial charge in [0.25, 0.3) is 0 Å². The predicted molar refractivity (Wildman–Crippen MR) is 77.5 cm³/mol. The summed E-state index contributed by atoms with van der Waals surface area (Å²) in [4.78, 5) is 0. The Kier molecular flexibility index (Phi) is 3.21. The lowest BCUT2D eigenvalue weighted by Crippen LogP contribution is -2.25. The van der Waals surface area contributed by atoms with E-state index in [1.807, 2.05) is 0 Å². The molecule has 1 unspecified atom stereocenters. The molecule has 0 saturated heterocycles. The first kappa shape index (κ1) is 13.5. The molecule has 0 aromatic heterocycles. The second-order valence-electron chi connectivity index (χ2n) is 7.56. The van der Waals surface area contributed by atoms with E-state index in [0.717, 1.165) is 18.8 Å². The molecule has 1 atom stereocenters. The number of hydrogen-bond donors (Lipinski definition) is 0. The zero-order valence-electron chi connectivity index (χ0n) is 12.6. The summed E-state index contributed by atoms with van der Waals surface area (Å²) in [6.45, 7) is 14.6. The van der Waals surface area contributed by atoms with Crippen LogP contribution in [-0.2, 0) is 5.41 Å². The van der Waals surface area contributed by atoms with Crippen molar-refractivity contribution < 1.29 is 4.74 Å². The van der Waals surface area contributed by atoms with Crippen molar-refractivity contribution in [2.45, 2.75) is 59.3 Å². The van der Waals surface area contributed by atoms with Gasteiger partial charge in [-0.05, 0) is 40.4 Å². The molecule has 1 aliphatic rings. The first-order valence-corrected chi connectivity index (χ1v) is 6.97. The number of rotatable bonds is 0. The van der Waals surface area contributed by atoms with Crippen LogP contribution < -0.4 is 4.74 Å². The molecule has 1 aliphatic heterocycles. The van der Waals surface area contributed by atoms with Gasteiger partial charge >= 0.3 is 0 Å². The summed E-state index contributed by atoms with van der Waals surface area (Å²) in [5, 5.41) is 0. The molecule has 0 spiro atoms. The van der Waals surface area contributed by atoms with Crippen LogP contribution >= 0.6 is 0 Å². The van der Waals surface area contributed by atoms with Gasteiger partial charge in [-0.25, -0.2) is 0 Å². The second kappa shape index (κ2) is 4.29. The van der Waals surface area contributed by atoms with Gasteiger partial charge in [0.15, 0.2) is 0 Å². The third-order valence-corrected chi connectivity index (χ3v) is 3.96. The Morgan fingerprint density at radius 2 is 1.72 bits per heavy atom. The summed E-state index contributed by atoms with van der Waals surface area (Å²) >= 11 is 0. The molecule has 1 aromatic carbocycles. The molecule has 0 radical (unpaired) electrons. The normalized spacial score (nSPS) is 20.2. The smallest absolute Gasteiger partial charge is 0.123 e. The zero-order valence-corrected chi connectivity index (χ0v) is 12.6. The van der Waals surface area contributed by atoms with E-state index in [0.29, 0.717) is 11.3 Å². The van der Waals surface area contributed by atoms with Crippen LogP contribution in [-0.4, -0.2) is 6.61 Å². The third kappa shape index (κ3) is 2.55. The predicted octanol–water partition coefficient (Wildman–Crippen LogP) is 4.90. The topological polar surface area (TPSA) is 9.23 Å². The summed E-state index contributed by atoms with van der Waals surface area (Å²) in [6.07, 6.45) is 1.13. The van der Waals surface area contributed by atoms with E-state index in [1.54, 1.807) is 0 Å². The molecular formula is C17H26O. The largest absolute Gasteiger partial charge is 0.493 e. The van der Waals surface area contributed by atoms with Crippen LogP contribution in [0.1, 0.15) is 65.0 Å². The van der Waals surface area contributed by atoms with E-state index in [2.05, 4.69) is 59.7 Å². The fourth-order valence-corrected chi connectivity index (χ4v) is 2.76. The van der Waals surface area contributed by atoms with Gasteiger partial charge in [-0.3, -0.25) is 0 Å². The van der Waals surface area contributed by atoms with Gasteiger partial charge < -0.3 is 4.74 Å². The van der Waals surface area contributed by atoms with Crippen molar-refractivity contribution in [3.63, 3.8) is 0 Å². The maximum Gasteiger partial charge on any atom is 0.123 e. The van der Waals surface area contributed by atoms with Crippen molar-refractivity contribution in [3.05, 3.63) is 29.3 Å². The summed E-state index contributed by atoms with van der Waals surface area (Å²) in [6, 6.07) is 6.80. The Morgan fingerprint density at radius 3 is 2.28 bits per heavy atom. The Balaban J connectivity index is 2.43. The molecule has 0 bridgehead atoms. The van der Waals surface area contributed by atoms with E-state index in [4.69, 9.17) is 4.74 Å². The zero-order chi connectivity index (χ0) is 13.6. The Hall–Kier alpha value is -0.980. The van der Waals surface area contributed by atoms with Crippen LogP contribution in [0.4, 0.5) is 0 Å². The minimum atomic E-state index is 0.188. The van der Waals surface area contributed by atoms with Crippen LogP contribution in [0.3, 0.4) is 0 Å². The molecule has 18 heavy (non-hydrogen) atoms. The highest BCUT2D eigenvalue weighted by Crippen LogP contribution is 2.45. The number of hydrogen-bond acceptors (Lipinski definition) is 1. The maximum atomic E-state index is 5.88. The van der Waals surface area contributed by atoms with Crippen molar-refractivity contribution in [1.82, 2.24) is 0 Å². The van der Waals surface area contributed by atoms with Gasteiger partial charge in [-0.1, -0.05) is 53.7 Å². The number of ether oxygens (including phenoxy) is 1. The van der Waals surface area contributed by atoms with E-state index in [1.165, 1.54) is 11.1 Å². The quantitative estimate of drug-likeness (QED) is 0.633. The van der Waals surface area contributed by atoms with Crippen molar-refractivity contribution >= 4 is 0 Å². The lowest BCUT2D eigenvalue weighted by Gasteiger charge is -2.36. The molecule has 0 amide bonds. The van der Waals surface area contributed by atoms with Crippen LogP contribution in [0, 0.1) is 5.41 Å². The second-order valence-corrected chi connectivity index (χ2v) is 7.56. The fraction of sp³-hybridized carbons (Fsp3) is 0.647. The van der Waals surface area contributed by atoms with Crippen molar-refractivity contribution in [1.29, 1.82) is 0 Å². The fourth-order valence-electron chi connectivity index (χ4n) is 2.76. The minimum absolute atomic E-state index is 0.188. The van der Waals surface area contributed by atoms with Gasteiger partial charge in [0.05, 0.1) is 6.61 Å². The summed E-state index contributed by atoms with van der Waals surface area (Å²) < 4.78 is 5.88. The minimum Gasteiger partial charge on any atom is -0.493 e. The number of benzene rings is 1. The highest BCUT2D eigenvalue weighted by Gasteiger charge is 2.32. The van der Waals surface area contributed by atoms with Crippen LogP contribution in [0.15, 0.2) is 18.2 Å². The maximum absolute atomic E-state index is 5.88. The molecule has 2 rings (SSSR count). The number of fused-ring (bicyclic) bond motifs is 1. The summed E-state index contributed by atoms with van der Waals surface area (Å²) in [7, 11) is 0. The molecule has 0 N–H and O–H groups in total.